The first-order valence-corrected chi connectivity index (χ1v) is 12.8. The third-order valence-electron chi connectivity index (χ3n) is 5.03. The van der Waals surface area contributed by atoms with Gasteiger partial charge in [-0.15, -0.1) is 0 Å². The molecule has 1 aromatic carbocycles. The van der Waals surface area contributed by atoms with Crippen molar-refractivity contribution in [3.63, 3.8) is 0 Å². The Morgan fingerprint density at radius 2 is 1.68 bits per heavy atom. The van der Waals surface area contributed by atoms with Crippen LogP contribution in [0.4, 0.5) is 0 Å². The SMILES string of the molecule is CCOP(C)(=O)C(C)NC(CC(C)C)C(=O)N[C@@H](Cc1ccc(OC)cc1)C(=O)NC. The molecule has 0 heterocycles. The van der Waals surface area contributed by atoms with Gasteiger partial charge in [-0.2, -0.15) is 0 Å². The molecule has 9 heteroatoms. The summed E-state index contributed by atoms with van der Waals surface area (Å²) < 4.78 is 23.3. The monoisotopic (exact) mass is 455 g/mol. The van der Waals surface area contributed by atoms with Crippen molar-refractivity contribution < 1.29 is 23.4 Å². The molecule has 0 aliphatic rings. The van der Waals surface area contributed by atoms with Crippen LogP contribution in [0.15, 0.2) is 24.3 Å². The van der Waals surface area contributed by atoms with Gasteiger partial charge in [0.2, 0.25) is 19.2 Å². The summed E-state index contributed by atoms with van der Waals surface area (Å²) in [4.78, 5) is 25.6. The van der Waals surface area contributed by atoms with E-state index in [9.17, 15) is 14.2 Å². The number of carbonyl (C=O) groups excluding carboxylic acids is 2. The second-order valence-electron chi connectivity index (χ2n) is 8.08. The average Bonchev–Trinajstić information content (AvgIpc) is 2.72. The Balaban J connectivity index is 2.98. The van der Waals surface area contributed by atoms with E-state index >= 15 is 0 Å². The summed E-state index contributed by atoms with van der Waals surface area (Å²) in [6.07, 6.45) is 0.871. The minimum Gasteiger partial charge on any atom is -0.497 e. The summed E-state index contributed by atoms with van der Waals surface area (Å²) >= 11 is 0. The largest absolute Gasteiger partial charge is 0.497 e. The number of likely N-dealkylation sites (N-methyl/N-ethyl adjacent to an activating group) is 1. The number of benzene rings is 1. The van der Waals surface area contributed by atoms with Crippen molar-refractivity contribution in [1.82, 2.24) is 16.0 Å². The van der Waals surface area contributed by atoms with E-state index in [0.29, 0.717) is 19.4 Å². The number of methoxy groups -OCH3 is 1. The van der Waals surface area contributed by atoms with E-state index in [1.54, 1.807) is 27.6 Å². The van der Waals surface area contributed by atoms with E-state index in [1.165, 1.54) is 7.05 Å². The molecule has 0 aliphatic carbocycles. The fraction of sp³-hybridized carbons (Fsp3) is 0.636. The van der Waals surface area contributed by atoms with Crippen molar-refractivity contribution in [1.29, 1.82) is 0 Å². The van der Waals surface area contributed by atoms with Crippen molar-refractivity contribution >= 4 is 19.2 Å². The quantitative estimate of drug-likeness (QED) is 0.395. The summed E-state index contributed by atoms with van der Waals surface area (Å²) in [7, 11) is 0.204. The first-order chi connectivity index (χ1) is 14.5. The summed E-state index contributed by atoms with van der Waals surface area (Å²) in [5.74, 6) is -0.145. The molecule has 4 atom stereocenters. The zero-order valence-corrected chi connectivity index (χ0v) is 20.6. The second kappa shape index (κ2) is 12.8. The van der Waals surface area contributed by atoms with Crippen LogP contribution in [0.1, 0.15) is 39.7 Å². The number of amides is 2. The van der Waals surface area contributed by atoms with Crippen molar-refractivity contribution in [3.05, 3.63) is 29.8 Å². The van der Waals surface area contributed by atoms with E-state index < -0.39 is 25.2 Å². The molecule has 2 amide bonds. The lowest BCUT2D eigenvalue weighted by atomic mass is 10.0. The molecular weight excluding hydrogens is 417 g/mol. The second-order valence-corrected chi connectivity index (χ2v) is 10.9. The van der Waals surface area contributed by atoms with Crippen LogP contribution in [0.3, 0.4) is 0 Å². The van der Waals surface area contributed by atoms with E-state index in [2.05, 4.69) is 16.0 Å². The Morgan fingerprint density at radius 1 is 1.06 bits per heavy atom. The highest BCUT2D eigenvalue weighted by molar-refractivity contribution is 7.58. The number of rotatable bonds is 13. The van der Waals surface area contributed by atoms with Gasteiger partial charge in [0.1, 0.15) is 11.8 Å². The van der Waals surface area contributed by atoms with Gasteiger partial charge in [0.15, 0.2) is 0 Å². The molecule has 1 aromatic rings. The third-order valence-corrected chi connectivity index (χ3v) is 7.36. The van der Waals surface area contributed by atoms with Crippen LogP contribution in [-0.4, -0.2) is 57.1 Å². The molecule has 0 radical (unpaired) electrons. The summed E-state index contributed by atoms with van der Waals surface area (Å²) in [6.45, 7) is 9.46. The lowest BCUT2D eigenvalue weighted by Crippen LogP contribution is -2.54. The number of carbonyl (C=O) groups is 2. The zero-order chi connectivity index (χ0) is 23.6. The highest BCUT2D eigenvalue weighted by Crippen LogP contribution is 2.46. The van der Waals surface area contributed by atoms with Crippen LogP contribution in [0, 0.1) is 5.92 Å². The van der Waals surface area contributed by atoms with E-state index in [0.717, 1.165) is 11.3 Å². The lowest BCUT2D eigenvalue weighted by Gasteiger charge is -2.29. The molecule has 176 valence electrons. The maximum absolute atomic E-state index is 13.1. The van der Waals surface area contributed by atoms with Gasteiger partial charge >= 0.3 is 0 Å². The topological polar surface area (TPSA) is 106 Å². The van der Waals surface area contributed by atoms with Gasteiger partial charge in [-0.1, -0.05) is 26.0 Å². The summed E-state index contributed by atoms with van der Waals surface area (Å²) in [5.41, 5.74) is 0.894. The van der Waals surface area contributed by atoms with Gasteiger partial charge in [-0.3, -0.25) is 19.5 Å². The molecule has 0 saturated carbocycles. The molecule has 31 heavy (non-hydrogen) atoms. The van der Waals surface area contributed by atoms with Crippen LogP contribution < -0.4 is 20.7 Å². The average molecular weight is 456 g/mol. The van der Waals surface area contributed by atoms with Gasteiger partial charge in [-0.05, 0) is 43.9 Å². The molecule has 0 saturated heterocycles. The Kier molecular flexibility index (Phi) is 11.2. The third kappa shape index (κ3) is 9.01. The van der Waals surface area contributed by atoms with Gasteiger partial charge in [-0.25, -0.2) is 0 Å². The van der Waals surface area contributed by atoms with Gasteiger partial charge in [0.05, 0.1) is 25.5 Å². The Labute approximate surface area is 186 Å². The zero-order valence-electron chi connectivity index (χ0n) is 19.7. The minimum absolute atomic E-state index is 0.221. The first-order valence-electron chi connectivity index (χ1n) is 10.7. The fourth-order valence-electron chi connectivity index (χ4n) is 3.17. The molecule has 8 nitrogen and oxygen atoms in total. The molecule has 0 bridgehead atoms. The van der Waals surface area contributed by atoms with Crippen LogP contribution >= 0.6 is 7.37 Å². The maximum atomic E-state index is 13.1. The Morgan fingerprint density at radius 3 is 2.16 bits per heavy atom. The van der Waals surface area contributed by atoms with Crippen molar-refractivity contribution in [2.45, 2.75) is 58.4 Å². The van der Waals surface area contributed by atoms with E-state index in [-0.39, 0.29) is 17.7 Å². The highest BCUT2D eigenvalue weighted by atomic mass is 31.2. The molecule has 0 fully saturated rings. The number of hydrogen-bond donors (Lipinski definition) is 3. The predicted molar refractivity (Wildman–Crippen MR) is 124 cm³/mol. The number of hydrogen-bond acceptors (Lipinski definition) is 6. The van der Waals surface area contributed by atoms with Crippen molar-refractivity contribution in [2.75, 3.05) is 27.4 Å². The number of ether oxygens (including phenoxy) is 1. The standard InChI is InChI=1S/C22H38N3O5P/c1-8-30-31(7,28)16(4)24-19(13-15(2)3)22(27)25-20(21(26)23-5)14-17-9-11-18(29-6)12-10-17/h9-12,15-16,19-20,24H,8,13-14H2,1-7H3,(H,23,26)(H,25,27)/t16?,19?,20-,31?/m0/s1. The van der Waals surface area contributed by atoms with Crippen molar-refractivity contribution in [2.24, 2.45) is 5.92 Å². The minimum atomic E-state index is -2.92. The van der Waals surface area contributed by atoms with Crippen molar-refractivity contribution in [3.8, 4) is 5.75 Å². The molecular formula is C22H38N3O5P. The molecule has 1 rings (SSSR count). The van der Waals surface area contributed by atoms with Crippen LogP contribution in [0.5, 0.6) is 5.75 Å². The van der Waals surface area contributed by atoms with Crippen LogP contribution in [-0.2, 0) is 25.1 Å². The van der Waals surface area contributed by atoms with Crippen LogP contribution in [0.2, 0.25) is 0 Å². The predicted octanol–water partition coefficient (Wildman–Crippen LogP) is 2.76. The first kappa shape index (κ1) is 27.1. The lowest BCUT2D eigenvalue weighted by molar-refractivity contribution is -0.130. The molecule has 0 spiro atoms. The highest BCUT2D eigenvalue weighted by Gasteiger charge is 2.31. The van der Waals surface area contributed by atoms with Gasteiger partial charge < -0.3 is 19.9 Å². The summed E-state index contributed by atoms with van der Waals surface area (Å²) in [6, 6.07) is 6.01. The fourth-order valence-corrected chi connectivity index (χ4v) is 4.36. The Bertz CT molecular complexity index is 754. The normalized spacial score (nSPS) is 16.1. The van der Waals surface area contributed by atoms with Gasteiger partial charge in [0, 0.05) is 20.1 Å². The number of nitrogens with one attached hydrogen (secondary N) is 3. The Hall–Kier alpha value is -1.89. The maximum Gasteiger partial charge on any atom is 0.242 e. The summed E-state index contributed by atoms with van der Waals surface area (Å²) in [5, 5.41) is 8.64. The molecule has 0 aliphatic heterocycles. The molecule has 3 N–H and O–H groups in total. The molecule has 0 aromatic heterocycles. The van der Waals surface area contributed by atoms with E-state index in [1.807, 2.05) is 38.1 Å². The van der Waals surface area contributed by atoms with Gasteiger partial charge in [0.25, 0.3) is 0 Å². The smallest absolute Gasteiger partial charge is 0.242 e. The molecule has 3 unspecified atom stereocenters. The van der Waals surface area contributed by atoms with Crippen LogP contribution in [0.25, 0.3) is 0 Å². The van der Waals surface area contributed by atoms with E-state index in [4.69, 9.17) is 9.26 Å².